The maximum absolute atomic E-state index is 13.4. The molecule has 0 atom stereocenters. The first kappa shape index (κ1) is 25.7. The molecule has 5 aromatic rings. The van der Waals surface area contributed by atoms with Gasteiger partial charge in [-0.25, -0.2) is 4.68 Å². The molecule has 0 radical (unpaired) electrons. The van der Waals surface area contributed by atoms with Gasteiger partial charge in [-0.05, 0) is 49.4 Å². The average Bonchev–Trinajstić information content (AvgIpc) is 3.49. The third-order valence-corrected chi connectivity index (χ3v) is 7.21. The number of rotatable bonds is 6. The zero-order valence-electron chi connectivity index (χ0n) is 22.6. The highest BCUT2D eigenvalue weighted by molar-refractivity contribution is 7.99. The quantitative estimate of drug-likeness (QED) is 0.258. The topological polar surface area (TPSA) is 77.1 Å². The number of carbonyl (C=O) groups is 1. The van der Waals surface area contributed by atoms with Crippen molar-refractivity contribution in [3.05, 3.63) is 95.6 Å². The highest BCUT2D eigenvalue weighted by Gasteiger charge is 2.22. The molecule has 0 aliphatic carbocycles. The Bertz CT molecular complexity index is 1610. The number of aryl methyl sites for hydroxylation is 1. The Balaban J connectivity index is 1.41. The highest BCUT2D eigenvalue weighted by Crippen LogP contribution is 2.30. The van der Waals surface area contributed by atoms with E-state index in [0.717, 1.165) is 32.6 Å². The van der Waals surface area contributed by atoms with Crippen molar-refractivity contribution in [3.8, 4) is 5.69 Å². The minimum Gasteiger partial charge on any atom is -0.306 e. The fourth-order valence-corrected chi connectivity index (χ4v) is 4.99. The first-order valence-electron chi connectivity index (χ1n) is 12.7. The number of hydrogen-bond acceptors (Lipinski definition) is 5. The molecule has 3 aromatic heterocycles. The maximum atomic E-state index is 13.4. The van der Waals surface area contributed by atoms with Crippen LogP contribution in [0, 0.1) is 6.92 Å². The Kier molecular flexibility index (Phi) is 6.84. The van der Waals surface area contributed by atoms with Crippen LogP contribution in [-0.2, 0) is 5.41 Å². The molecule has 8 heteroatoms. The van der Waals surface area contributed by atoms with E-state index >= 15 is 0 Å². The zero-order chi connectivity index (χ0) is 27.0. The second-order valence-electron chi connectivity index (χ2n) is 10.8. The second-order valence-corrected chi connectivity index (χ2v) is 11.9. The molecule has 0 saturated carbocycles. The fraction of sp³-hybridized carbons (Fsp3) is 0.267. The number of pyridine rings is 1. The van der Waals surface area contributed by atoms with Gasteiger partial charge in [0.15, 0.2) is 5.65 Å². The summed E-state index contributed by atoms with van der Waals surface area (Å²) in [6, 6.07) is 21.7. The minimum atomic E-state index is -0.183. The van der Waals surface area contributed by atoms with Gasteiger partial charge in [0, 0.05) is 39.0 Å². The van der Waals surface area contributed by atoms with Crippen molar-refractivity contribution < 1.29 is 4.79 Å². The summed E-state index contributed by atoms with van der Waals surface area (Å²) in [5.74, 6) is 1.65. The Labute approximate surface area is 227 Å². The van der Waals surface area contributed by atoms with Crippen molar-refractivity contribution in [2.45, 2.75) is 62.7 Å². The summed E-state index contributed by atoms with van der Waals surface area (Å²) in [5, 5.41) is 16.5. The van der Waals surface area contributed by atoms with Crippen LogP contribution in [0.4, 0.5) is 5.82 Å². The lowest BCUT2D eigenvalue weighted by Crippen LogP contribution is -2.15. The summed E-state index contributed by atoms with van der Waals surface area (Å²) in [4.78, 5) is 15.4. The van der Waals surface area contributed by atoms with Gasteiger partial charge in [-0.2, -0.15) is 5.10 Å². The van der Waals surface area contributed by atoms with Crippen LogP contribution in [0.5, 0.6) is 0 Å². The molecule has 0 unspecified atom stereocenters. The van der Waals surface area contributed by atoms with Crippen molar-refractivity contribution in [2.75, 3.05) is 5.32 Å². The fourth-order valence-electron chi connectivity index (χ4n) is 4.09. The summed E-state index contributed by atoms with van der Waals surface area (Å²) >= 11 is 1.60. The molecule has 38 heavy (non-hydrogen) atoms. The molecule has 0 aliphatic heterocycles. The van der Waals surface area contributed by atoms with Gasteiger partial charge in [0.2, 0.25) is 0 Å². The van der Waals surface area contributed by atoms with E-state index < -0.39 is 0 Å². The molecule has 0 saturated heterocycles. The largest absolute Gasteiger partial charge is 0.306 e. The molecule has 0 fully saturated rings. The molecule has 194 valence electrons. The number of nitrogens with zero attached hydrogens (tertiary/aromatic N) is 5. The van der Waals surface area contributed by atoms with Crippen LogP contribution in [0.25, 0.3) is 11.3 Å². The lowest BCUT2D eigenvalue weighted by Gasteiger charge is -2.14. The number of aromatic nitrogens is 5. The molecule has 0 aliphatic rings. The smallest absolute Gasteiger partial charge is 0.256 e. The van der Waals surface area contributed by atoms with Crippen molar-refractivity contribution in [1.82, 2.24) is 24.4 Å². The lowest BCUT2D eigenvalue weighted by atomic mass is 9.92. The first-order valence-corrected chi connectivity index (χ1v) is 13.5. The number of fused-ring (bicyclic) bond motifs is 1. The molecule has 7 nitrogen and oxygen atoms in total. The number of hydrogen-bond donors (Lipinski definition) is 1. The van der Waals surface area contributed by atoms with E-state index in [-0.39, 0.29) is 17.2 Å². The Hall–Kier alpha value is -3.91. The van der Waals surface area contributed by atoms with E-state index in [1.165, 1.54) is 5.56 Å². The van der Waals surface area contributed by atoms with E-state index in [1.54, 1.807) is 16.4 Å². The van der Waals surface area contributed by atoms with Crippen molar-refractivity contribution in [3.63, 3.8) is 0 Å². The second kappa shape index (κ2) is 10.1. The van der Waals surface area contributed by atoms with Crippen LogP contribution >= 0.6 is 11.8 Å². The third kappa shape index (κ3) is 5.36. The van der Waals surface area contributed by atoms with Crippen LogP contribution in [-0.4, -0.2) is 30.3 Å². The molecular weight excluding hydrogens is 492 g/mol. The molecule has 5 rings (SSSR count). The number of nitrogens with one attached hydrogen (secondary N) is 1. The SMILES string of the molecule is Cc1ccc(-n2nc(C(C)(C)C)cc2NC(=O)c2cccc(Sc3ccc4nnc(C(C)C)n4c3)c2)cc1. The average molecular weight is 525 g/mol. The third-order valence-electron chi connectivity index (χ3n) is 6.25. The van der Waals surface area contributed by atoms with Gasteiger partial charge in [-0.1, -0.05) is 70.1 Å². The normalized spacial score (nSPS) is 11.9. The van der Waals surface area contributed by atoms with Crippen LogP contribution in [0.1, 0.15) is 68.0 Å². The van der Waals surface area contributed by atoms with E-state index in [2.05, 4.69) is 63.3 Å². The summed E-state index contributed by atoms with van der Waals surface area (Å²) in [5.41, 5.74) is 4.22. The van der Waals surface area contributed by atoms with E-state index in [4.69, 9.17) is 5.10 Å². The van der Waals surface area contributed by atoms with E-state index in [0.29, 0.717) is 11.4 Å². The van der Waals surface area contributed by atoms with E-state index in [9.17, 15) is 4.79 Å². The molecular formula is C30H32N6OS. The molecule has 1 N–H and O–H groups in total. The number of amides is 1. The maximum Gasteiger partial charge on any atom is 0.256 e. The standard InChI is InChI=1S/C30H32N6OS/c1-19(2)28-33-32-26-15-14-24(18-35(26)28)38-23-9-7-8-21(16-23)29(37)31-27-17-25(30(4,5)6)34-36(27)22-12-10-20(3)11-13-22/h7-19H,1-6H3,(H,31,37). The Morgan fingerprint density at radius 1 is 0.947 bits per heavy atom. The zero-order valence-corrected chi connectivity index (χ0v) is 23.4. The van der Waals surface area contributed by atoms with Crippen LogP contribution in [0.15, 0.2) is 82.7 Å². The number of benzene rings is 2. The summed E-state index contributed by atoms with van der Waals surface area (Å²) in [6.07, 6.45) is 2.05. The molecule has 3 heterocycles. The van der Waals surface area contributed by atoms with Crippen molar-refractivity contribution >= 4 is 29.1 Å². The predicted molar refractivity (Wildman–Crippen MR) is 153 cm³/mol. The Morgan fingerprint density at radius 3 is 2.42 bits per heavy atom. The van der Waals surface area contributed by atoms with Crippen molar-refractivity contribution in [2.24, 2.45) is 0 Å². The molecule has 1 amide bonds. The first-order chi connectivity index (χ1) is 18.1. The van der Waals surface area contributed by atoms with Crippen LogP contribution in [0.2, 0.25) is 0 Å². The van der Waals surface area contributed by atoms with Crippen LogP contribution in [0.3, 0.4) is 0 Å². The van der Waals surface area contributed by atoms with Gasteiger partial charge in [0.1, 0.15) is 11.6 Å². The van der Waals surface area contributed by atoms with E-state index in [1.807, 2.05) is 71.1 Å². The molecule has 0 bridgehead atoms. The summed E-state index contributed by atoms with van der Waals surface area (Å²) in [6.45, 7) is 12.6. The van der Waals surface area contributed by atoms with Gasteiger partial charge >= 0.3 is 0 Å². The summed E-state index contributed by atoms with van der Waals surface area (Å²) < 4.78 is 3.83. The predicted octanol–water partition coefficient (Wildman–Crippen LogP) is 7.05. The monoisotopic (exact) mass is 524 g/mol. The summed E-state index contributed by atoms with van der Waals surface area (Å²) in [7, 11) is 0. The van der Waals surface area contributed by atoms with Crippen LogP contribution < -0.4 is 5.32 Å². The molecule has 2 aromatic carbocycles. The van der Waals surface area contributed by atoms with Gasteiger partial charge in [0.25, 0.3) is 5.91 Å². The van der Waals surface area contributed by atoms with Crippen molar-refractivity contribution in [1.29, 1.82) is 0 Å². The highest BCUT2D eigenvalue weighted by atomic mass is 32.2. The Morgan fingerprint density at radius 2 is 1.71 bits per heavy atom. The van der Waals surface area contributed by atoms with Gasteiger partial charge < -0.3 is 5.32 Å². The minimum absolute atomic E-state index is 0.159. The lowest BCUT2D eigenvalue weighted by molar-refractivity contribution is 0.102. The van der Waals surface area contributed by atoms with Gasteiger partial charge in [0.05, 0.1) is 11.4 Å². The number of carbonyl (C=O) groups excluding carboxylic acids is 1. The number of anilines is 1. The van der Waals surface area contributed by atoms with Gasteiger partial charge in [-0.3, -0.25) is 9.20 Å². The van der Waals surface area contributed by atoms with Gasteiger partial charge in [-0.15, -0.1) is 10.2 Å². The molecule has 0 spiro atoms.